The van der Waals surface area contributed by atoms with Crippen LogP contribution < -0.4 is 4.90 Å². The molecule has 0 spiro atoms. The largest absolute Gasteiger partial charge is 0.392 e. The average molecular weight is 222 g/mol. The number of nitrogens with zero attached hydrogens (tertiary/aromatic N) is 2. The van der Waals surface area contributed by atoms with Gasteiger partial charge in [0.1, 0.15) is 5.82 Å². The van der Waals surface area contributed by atoms with Crippen LogP contribution in [0.5, 0.6) is 0 Å². The predicted octanol–water partition coefficient (Wildman–Crippen LogP) is 2.36. The monoisotopic (exact) mass is 222 g/mol. The Balaban J connectivity index is 2.96. The Labute approximate surface area is 98.1 Å². The molecule has 0 aromatic carbocycles. The first kappa shape index (κ1) is 13.0. The van der Waals surface area contributed by atoms with Gasteiger partial charge in [0.05, 0.1) is 6.61 Å². The maximum atomic E-state index is 9.04. The molecule has 1 rings (SSSR count). The lowest BCUT2D eigenvalue weighted by molar-refractivity contribution is 0.281. The normalized spacial score (nSPS) is 12.9. The maximum Gasteiger partial charge on any atom is 0.131 e. The summed E-state index contributed by atoms with van der Waals surface area (Å²) in [5, 5.41) is 9.04. The lowest BCUT2D eigenvalue weighted by atomic mass is 10.0. The van der Waals surface area contributed by atoms with Crippen molar-refractivity contribution in [1.82, 2.24) is 4.98 Å². The topological polar surface area (TPSA) is 36.4 Å². The van der Waals surface area contributed by atoms with Crippen molar-refractivity contribution in [2.75, 3.05) is 11.9 Å². The summed E-state index contributed by atoms with van der Waals surface area (Å²) in [6, 6.07) is 2.44. The van der Waals surface area contributed by atoms with Gasteiger partial charge >= 0.3 is 0 Å². The van der Waals surface area contributed by atoms with E-state index >= 15 is 0 Å². The molecule has 1 unspecified atom stereocenters. The zero-order chi connectivity index (χ0) is 12.3. The molecule has 0 amide bonds. The van der Waals surface area contributed by atoms with E-state index in [9.17, 15) is 0 Å². The Hall–Kier alpha value is -1.09. The summed E-state index contributed by atoms with van der Waals surface area (Å²) < 4.78 is 0. The number of aromatic nitrogens is 1. The maximum absolute atomic E-state index is 9.04. The van der Waals surface area contributed by atoms with Crippen molar-refractivity contribution >= 4 is 5.82 Å². The van der Waals surface area contributed by atoms with Crippen LogP contribution in [0.4, 0.5) is 5.82 Å². The molecule has 0 aliphatic heterocycles. The second-order valence-electron chi connectivity index (χ2n) is 4.74. The van der Waals surface area contributed by atoms with Crippen molar-refractivity contribution in [2.24, 2.45) is 5.92 Å². The molecule has 0 radical (unpaired) electrons. The molecule has 0 bridgehead atoms. The fraction of sp³-hybridized carbons (Fsp3) is 0.615. The van der Waals surface area contributed by atoms with Gasteiger partial charge in [-0.05, 0) is 37.0 Å². The summed E-state index contributed by atoms with van der Waals surface area (Å²) in [4.78, 5) is 6.61. The minimum atomic E-state index is 0.0531. The van der Waals surface area contributed by atoms with E-state index in [0.717, 1.165) is 16.9 Å². The molecular weight excluding hydrogens is 200 g/mol. The molecule has 16 heavy (non-hydrogen) atoms. The molecule has 1 aromatic heterocycles. The number of aliphatic hydroxyl groups is 1. The van der Waals surface area contributed by atoms with E-state index < -0.39 is 0 Å². The zero-order valence-electron chi connectivity index (χ0n) is 10.9. The van der Waals surface area contributed by atoms with Crippen LogP contribution in [0, 0.1) is 12.8 Å². The number of rotatable bonds is 4. The van der Waals surface area contributed by atoms with Gasteiger partial charge in [0.25, 0.3) is 0 Å². The number of pyridine rings is 1. The van der Waals surface area contributed by atoms with Gasteiger partial charge in [-0.25, -0.2) is 4.98 Å². The average Bonchev–Trinajstić information content (AvgIpc) is 2.26. The highest BCUT2D eigenvalue weighted by Gasteiger charge is 2.16. The van der Waals surface area contributed by atoms with Crippen molar-refractivity contribution in [2.45, 2.75) is 40.3 Å². The molecular formula is C13H22N2O. The Kier molecular flexibility index (Phi) is 4.30. The summed E-state index contributed by atoms with van der Waals surface area (Å²) in [7, 11) is 2.07. The highest BCUT2D eigenvalue weighted by atomic mass is 16.3. The van der Waals surface area contributed by atoms with Crippen molar-refractivity contribution in [3.05, 3.63) is 23.4 Å². The van der Waals surface area contributed by atoms with Crippen molar-refractivity contribution in [1.29, 1.82) is 0 Å². The van der Waals surface area contributed by atoms with Gasteiger partial charge in [-0.1, -0.05) is 13.8 Å². The SMILES string of the molecule is Cc1cc(CO)cnc1N(C)C(C)C(C)C. The van der Waals surface area contributed by atoms with E-state index in [4.69, 9.17) is 5.11 Å². The third kappa shape index (κ3) is 2.73. The van der Waals surface area contributed by atoms with Gasteiger partial charge in [-0.15, -0.1) is 0 Å². The first-order valence-corrected chi connectivity index (χ1v) is 5.76. The lowest BCUT2D eigenvalue weighted by Gasteiger charge is -2.30. The van der Waals surface area contributed by atoms with Crippen LogP contribution >= 0.6 is 0 Å². The van der Waals surface area contributed by atoms with Gasteiger partial charge < -0.3 is 10.0 Å². The standard InChI is InChI=1S/C13H22N2O/c1-9(2)11(4)15(5)13-10(3)6-12(8-16)7-14-13/h6-7,9,11,16H,8H2,1-5H3. The summed E-state index contributed by atoms with van der Waals surface area (Å²) in [6.45, 7) is 8.70. The van der Waals surface area contributed by atoms with Crippen molar-refractivity contribution in [3.63, 3.8) is 0 Å². The van der Waals surface area contributed by atoms with Crippen LogP contribution in [0.3, 0.4) is 0 Å². The second-order valence-corrected chi connectivity index (χ2v) is 4.74. The molecule has 90 valence electrons. The van der Waals surface area contributed by atoms with E-state index in [0.29, 0.717) is 12.0 Å². The summed E-state index contributed by atoms with van der Waals surface area (Å²) in [5.74, 6) is 1.59. The summed E-state index contributed by atoms with van der Waals surface area (Å²) in [5.41, 5.74) is 1.98. The van der Waals surface area contributed by atoms with E-state index in [2.05, 4.69) is 37.7 Å². The molecule has 1 aromatic rings. The van der Waals surface area contributed by atoms with Crippen LogP contribution in [0.25, 0.3) is 0 Å². The molecule has 0 fully saturated rings. The Bertz CT molecular complexity index is 350. The molecule has 3 nitrogen and oxygen atoms in total. The Morgan fingerprint density at radius 3 is 2.44 bits per heavy atom. The van der Waals surface area contributed by atoms with Crippen LogP contribution in [-0.4, -0.2) is 23.2 Å². The van der Waals surface area contributed by atoms with Gasteiger partial charge in [0.15, 0.2) is 0 Å². The van der Waals surface area contributed by atoms with Gasteiger partial charge in [-0.2, -0.15) is 0 Å². The van der Waals surface area contributed by atoms with Crippen LogP contribution in [0.1, 0.15) is 31.9 Å². The fourth-order valence-electron chi connectivity index (χ4n) is 1.72. The van der Waals surface area contributed by atoms with Crippen LogP contribution in [0.2, 0.25) is 0 Å². The van der Waals surface area contributed by atoms with Crippen LogP contribution in [0.15, 0.2) is 12.3 Å². The first-order chi connectivity index (χ1) is 7.47. The molecule has 0 saturated carbocycles. The van der Waals surface area contributed by atoms with Gasteiger partial charge in [-0.3, -0.25) is 0 Å². The molecule has 1 heterocycles. The number of hydrogen-bond donors (Lipinski definition) is 1. The van der Waals surface area contributed by atoms with E-state index in [1.807, 2.05) is 13.0 Å². The minimum absolute atomic E-state index is 0.0531. The highest BCUT2D eigenvalue weighted by molar-refractivity contribution is 5.47. The number of anilines is 1. The third-order valence-corrected chi connectivity index (χ3v) is 3.20. The molecule has 0 aliphatic carbocycles. The molecule has 0 saturated heterocycles. The summed E-state index contributed by atoms with van der Waals surface area (Å²) in [6.07, 6.45) is 1.74. The van der Waals surface area contributed by atoms with Crippen molar-refractivity contribution < 1.29 is 5.11 Å². The Morgan fingerprint density at radius 1 is 1.38 bits per heavy atom. The first-order valence-electron chi connectivity index (χ1n) is 5.76. The Morgan fingerprint density at radius 2 is 2.00 bits per heavy atom. The molecule has 0 aliphatic rings. The van der Waals surface area contributed by atoms with E-state index in [-0.39, 0.29) is 6.61 Å². The minimum Gasteiger partial charge on any atom is -0.392 e. The number of aliphatic hydroxyl groups excluding tert-OH is 1. The predicted molar refractivity (Wildman–Crippen MR) is 67.6 cm³/mol. The highest BCUT2D eigenvalue weighted by Crippen LogP contribution is 2.21. The smallest absolute Gasteiger partial charge is 0.131 e. The van der Waals surface area contributed by atoms with E-state index in [1.165, 1.54) is 0 Å². The van der Waals surface area contributed by atoms with Crippen molar-refractivity contribution in [3.8, 4) is 0 Å². The zero-order valence-corrected chi connectivity index (χ0v) is 10.9. The lowest BCUT2D eigenvalue weighted by Crippen LogP contribution is -2.34. The summed E-state index contributed by atoms with van der Waals surface area (Å²) >= 11 is 0. The van der Waals surface area contributed by atoms with Crippen LogP contribution in [-0.2, 0) is 6.61 Å². The third-order valence-electron chi connectivity index (χ3n) is 3.20. The quantitative estimate of drug-likeness (QED) is 0.849. The van der Waals surface area contributed by atoms with E-state index in [1.54, 1.807) is 6.20 Å². The fourth-order valence-corrected chi connectivity index (χ4v) is 1.72. The van der Waals surface area contributed by atoms with Gasteiger partial charge in [0.2, 0.25) is 0 Å². The van der Waals surface area contributed by atoms with Gasteiger partial charge in [0, 0.05) is 19.3 Å². The second kappa shape index (κ2) is 5.30. The number of aryl methyl sites for hydroxylation is 1. The molecule has 3 heteroatoms. The number of hydrogen-bond acceptors (Lipinski definition) is 3. The molecule has 1 atom stereocenters. The molecule has 1 N–H and O–H groups in total.